The number of carbonyl (C=O) groups excluding carboxylic acids is 1. The minimum atomic E-state index is -0.910. The van der Waals surface area contributed by atoms with Crippen LogP contribution in [0.2, 0.25) is 0 Å². The van der Waals surface area contributed by atoms with Crippen molar-refractivity contribution in [2.24, 2.45) is 0 Å². The molecule has 1 atom stereocenters. The van der Waals surface area contributed by atoms with E-state index in [-0.39, 0.29) is 6.04 Å². The van der Waals surface area contributed by atoms with Crippen LogP contribution >= 0.6 is 0 Å². The summed E-state index contributed by atoms with van der Waals surface area (Å²) < 4.78 is 5.27. The first-order valence-electron chi connectivity index (χ1n) is 10.9. The number of likely N-dealkylation sites (tertiary alicyclic amines) is 1. The molecule has 4 rings (SSSR count). The predicted molar refractivity (Wildman–Crippen MR) is 126 cm³/mol. The van der Waals surface area contributed by atoms with Crippen LogP contribution in [0, 0.1) is 0 Å². The Morgan fingerprint density at radius 3 is 2.27 bits per heavy atom. The number of hydrogen-bond donors (Lipinski definition) is 3. The number of H-pyrrole nitrogens is 1. The maximum Gasteiger partial charge on any atom is 0.412 e. The lowest BCUT2D eigenvalue weighted by Gasteiger charge is -2.19. The molecule has 0 bridgehead atoms. The fourth-order valence-electron chi connectivity index (χ4n) is 3.94. The zero-order valence-corrected chi connectivity index (χ0v) is 19.0. The molecular formula is C25H28N4O4. The molecule has 1 fully saturated rings. The summed E-state index contributed by atoms with van der Waals surface area (Å²) >= 11 is 0. The highest BCUT2D eigenvalue weighted by molar-refractivity contribution is 5.85. The SMILES string of the molecule is CC(C)(C)OC(=O)Nc1ccc(-c2ccc(-c3cnc(C4CCCN4C(=O)O)[nH]3)cc2)cc1. The Balaban J connectivity index is 1.43. The molecule has 0 spiro atoms. The second kappa shape index (κ2) is 8.97. The smallest absolute Gasteiger partial charge is 0.412 e. The molecule has 2 aromatic carbocycles. The van der Waals surface area contributed by atoms with Crippen LogP contribution in [0.5, 0.6) is 0 Å². The quantitative estimate of drug-likeness (QED) is 0.460. The fraction of sp³-hybridized carbons (Fsp3) is 0.320. The van der Waals surface area contributed by atoms with Crippen LogP contribution in [0.3, 0.4) is 0 Å². The van der Waals surface area contributed by atoms with Crippen molar-refractivity contribution in [2.75, 3.05) is 11.9 Å². The molecule has 1 aliphatic rings. The Hall–Kier alpha value is -3.81. The molecule has 0 saturated carbocycles. The van der Waals surface area contributed by atoms with E-state index >= 15 is 0 Å². The topological polar surface area (TPSA) is 108 Å². The van der Waals surface area contributed by atoms with Crippen molar-refractivity contribution in [1.29, 1.82) is 0 Å². The molecule has 0 aliphatic carbocycles. The number of ether oxygens (including phenoxy) is 1. The summed E-state index contributed by atoms with van der Waals surface area (Å²) in [5, 5.41) is 12.1. The fourth-order valence-corrected chi connectivity index (χ4v) is 3.94. The number of nitrogens with zero attached hydrogens (tertiary/aromatic N) is 2. The van der Waals surface area contributed by atoms with E-state index in [9.17, 15) is 14.7 Å². The van der Waals surface area contributed by atoms with Crippen LogP contribution in [0.4, 0.5) is 15.3 Å². The van der Waals surface area contributed by atoms with Gasteiger partial charge in [-0.2, -0.15) is 0 Å². The minimum absolute atomic E-state index is 0.219. The van der Waals surface area contributed by atoms with Crippen molar-refractivity contribution in [3.8, 4) is 22.4 Å². The van der Waals surface area contributed by atoms with Crippen LogP contribution < -0.4 is 5.32 Å². The third-order valence-electron chi connectivity index (χ3n) is 5.47. The van der Waals surface area contributed by atoms with Gasteiger partial charge in [0, 0.05) is 12.2 Å². The molecule has 1 saturated heterocycles. The Kier molecular flexibility index (Phi) is 6.09. The average molecular weight is 449 g/mol. The van der Waals surface area contributed by atoms with Crippen LogP contribution in [-0.2, 0) is 4.74 Å². The Bertz CT molecular complexity index is 1130. The van der Waals surface area contributed by atoms with E-state index in [0.717, 1.165) is 35.2 Å². The summed E-state index contributed by atoms with van der Waals surface area (Å²) in [6.45, 7) is 6.01. The molecule has 8 heteroatoms. The number of nitrogens with one attached hydrogen (secondary N) is 2. The highest BCUT2D eigenvalue weighted by atomic mass is 16.6. The van der Waals surface area contributed by atoms with E-state index in [1.807, 2.05) is 69.3 Å². The minimum Gasteiger partial charge on any atom is -0.465 e. The largest absolute Gasteiger partial charge is 0.465 e. The summed E-state index contributed by atoms with van der Waals surface area (Å²) in [5.74, 6) is 0.682. The number of amides is 2. The van der Waals surface area contributed by atoms with E-state index in [1.54, 1.807) is 6.20 Å². The molecule has 172 valence electrons. The molecule has 2 heterocycles. The van der Waals surface area contributed by atoms with Crippen molar-refractivity contribution in [3.63, 3.8) is 0 Å². The van der Waals surface area contributed by atoms with Crippen molar-refractivity contribution < 1.29 is 19.4 Å². The normalized spacial score (nSPS) is 16.0. The highest BCUT2D eigenvalue weighted by Crippen LogP contribution is 2.32. The first-order chi connectivity index (χ1) is 15.7. The summed E-state index contributed by atoms with van der Waals surface area (Å²) in [6, 6.07) is 15.4. The lowest BCUT2D eigenvalue weighted by Crippen LogP contribution is -2.29. The van der Waals surface area contributed by atoms with Crippen molar-refractivity contribution in [2.45, 2.75) is 45.3 Å². The molecule has 33 heavy (non-hydrogen) atoms. The Morgan fingerprint density at radius 1 is 1.06 bits per heavy atom. The second-order valence-corrected chi connectivity index (χ2v) is 9.10. The molecule has 8 nitrogen and oxygen atoms in total. The summed E-state index contributed by atoms with van der Waals surface area (Å²) in [4.78, 5) is 32.5. The number of hydrogen-bond acceptors (Lipinski definition) is 4. The number of benzene rings is 2. The molecule has 0 radical (unpaired) electrons. The van der Waals surface area contributed by atoms with E-state index in [0.29, 0.717) is 18.1 Å². The molecule has 3 aromatic rings. The van der Waals surface area contributed by atoms with Crippen LogP contribution in [0.1, 0.15) is 45.5 Å². The van der Waals surface area contributed by atoms with Gasteiger partial charge in [-0.05, 0) is 62.4 Å². The van der Waals surface area contributed by atoms with E-state index in [4.69, 9.17) is 4.74 Å². The van der Waals surface area contributed by atoms with Gasteiger partial charge in [-0.1, -0.05) is 36.4 Å². The monoisotopic (exact) mass is 448 g/mol. The number of anilines is 1. The Morgan fingerprint density at radius 2 is 1.67 bits per heavy atom. The number of rotatable bonds is 4. The molecule has 1 unspecified atom stereocenters. The number of carbonyl (C=O) groups is 2. The average Bonchev–Trinajstić information content (AvgIpc) is 3.43. The number of imidazole rings is 1. The second-order valence-electron chi connectivity index (χ2n) is 9.10. The number of carboxylic acid groups (broad SMARTS) is 1. The number of aromatic nitrogens is 2. The molecule has 3 N–H and O–H groups in total. The zero-order valence-electron chi connectivity index (χ0n) is 19.0. The van der Waals surface area contributed by atoms with Crippen LogP contribution in [0.15, 0.2) is 54.7 Å². The van der Waals surface area contributed by atoms with Crippen molar-refractivity contribution in [3.05, 3.63) is 60.6 Å². The molecule has 1 aromatic heterocycles. The standard InChI is InChI=1S/C25H28N4O4/c1-25(2,3)33-23(30)27-19-12-10-17(11-13-19)16-6-8-18(9-7-16)20-15-26-22(28-20)21-5-4-14-29(21)24(31)32/h6-13,15,21H,4-5,14H2,1-3H3,(H,26,28)(H,27,30)(H,31,32). The summed E-state index contributed by atoms with van der Waals surface area (Å²) in [6.07, 6.45) is 1.97. The maximum atomic E-state index is 11.9. The van der Waals surface area contributed by atoms with E-state index in [1.165, 1.54) is 4.90 Å². The first kappa shape index (κ1) is 22.4. The highest BCUT2D eigenvalue weighted by Gasteiger charge is 2.31. The predicted octanol–water partition coefficient (Wildman–Crippen LogP) is 5.91. The third kappa shape index (κ3) is 5.34. The number of aromatic amines is 1. The molecule has 1 aliphatic heterocycles. The summed E-state index contributed by atoms with van der Waals surface area (Å²) in [5.41, 5.74) is 4.00. The first-order valence-corrected chi connectivity index (χ1v) is 10.9. The van der Waals surface area contributed by atoms with Crippen molar-refractivity contribution >= 4 is 17.9 Å². The lowest BCUT2D eigenvalue weighted by atomic mass is 10.0. The van der Waals surface area contributed by atoms with Gasteiger partial charge in [-0.25, -0.2) is 14.6 Å². The van der Waals surface area contributed by atoms with Gasteiger partial charge in [0.25, 0.3) is 0 Å². The van der Waals surface area contributed by atoms with Gasteiger partial charge >= 0.3 is 12.2 Å². The van der Waals surface area contributed by atoms with Gasteiger partial charge in [-0.3, -0.25) is 10.2 Å². The van der Waals surface area contributed by atoms with Gasteiger partial charge in [0.15, 0.2) is 0 Å². The van der Waals surface area contributed by atoms with E-state index in [2.05, 4.69) is 15.3 Å². The lowest BCUT2D eigenvalue weighted by molar-refractivity contribution is 0.0636. The molecular weight excluding hydrogens is 420 g/mol. The van der Waals surface area contributed by atoms with Crippen molar-refractivity contribution in [1.82, 2.24) is 14.9 Å². The van der Waals surface area contributed by atoms with Gasteiger partial charge in [0.1, 0.15) is 11.4 Å². The zero-order chi connectivity index (χ0) is 23.6. The van der Waals surface area contributed by atoms with Gasteiger partial charge in [-0.15, -0.1) is 0 Å². The maximum absolute atomic E-state index is 11.9. The van der Waals surface area contributed by atoms with Gasteiger partial charge < -0.3 is 14.8 Å². The van der Waals surface area contributed by atoms with E-state index < -0.39 is 17.8 Å². The third-order valence-corrected chi connectivity index (χ3v) is 5.47. The molecule has 2 amide bonds. The van der Waals surface area contributed by atoms with Crippen LogP contribution in [-0.4, -0.2) is 44.3 Å². The van der Waals surface area contributed by atoms with Gasteiger partial charge in [0.2, 0.25) is 0 Å². The van der Waals surface area contributed by atoms with Gasteiger partial charge in [0.05, 0.1) is 17.9 Å². The summed E-state index contributed by atoms with van der Waals surface area (Å²) in [7, 11) is 0. The van der Waals surface area contributed by atoms with Crippen LogP contribution in [0.25, 0.3) is 22.4 Å². The Labute approximate surface area is 192 Å².